The van der Waals surface area contributed by atoms with Gasteiger partial charge in [0.1, 0.15) is 0 Å². The molecule has 1 saturated heterocycles. The Balaban J connectivity index is 1.01. The molecule has 0 spiro atoms. The van der Waals surface area contributed by atoms with Crippen LogP contribution in [0.5, 0.6) is 0 Å². The number of rotatable bonds is 5. The molecule has 4 aliphatic carbocycles. The van der Waals surface area contributed by atoms with Crippen LogP contribution in [0.1, 0.15) is 60.4 Å². The lowest BCUT2D eigenvalue weighted by Crippen LogP contribution is -2.51. The first kappa shape index (κ1) is 31.7. The molecule has 6 aliphatic rings. The third kappa shape index (κ3) is 5.15. The van der Waals surface area contributed by atoms with E-state index >= 15 is 0 Å². The van der Waals surface area contributed by atoms with Gasteiger partial charge in [0, 0.05) is 51.6 Å². The SMILES string of the molecule is C1=CCC(c2cccc(C3NC4CC(n5c6c(c7ccccc75)=CC5C7=C(CCC=C7)N(c7ccccc7)C5C=6)=CC=C4NC3c3ccccc3)c2)C=C1. The van der Waals surface area contributed by atoms with E-state index in [9.17, 15) is 0 Å². The molecule has 54 heavy (non-hydrogen) atoms. The number of benzene rings is 4. The summed E-state index contributed by atoms with van der Waals surface area (Å²) in [5, 5.41) is 12.3. The summed E-state index contributed by atoms with van der Waals surface area (Å²) < 4.78 is 2.57. The maximum absolute atomic E-state index is 4.21. The van der Waals surface area contributed by atoms with Gasteiger partial charge in [-0.15, -0.1) is 0 Å². The van der Waals surface area contributed by atoms with Crippen LogP contribution in [0.4, 0.5) is 5.69 Å². The average molecular weight is 701 g/mol. The summed E-state index contributed by atoms with van der Waals surface area (Å²) in [4.78, 5) is 2.63. The van der Waals surface area contributed by atoms with E-state index in [1.807, 2.05) is 0 Å². The number of piperazine rings is 1. The molecule has 6 unspecified atom stereocenters. The van der Waals surface area contributed by atoms with Crippen LogP contribution in [0.25, 0.3) is 28.8 Å². The Hall–Kier alpha value is -5.84. The number of nitrogens with one attached hydrogen (secondary N) is 2. The molecule has 2 aliphatic heterocycles. The Morgan fingerprint density at radius 1 is 0.704 bits per heavy atom. The third-order valence-corrected chi connectivity index (χ3v) is 12.6. The fourth-order valence-electron chi connectivity index (χ4n) is 10.1. The van der Waals surface area contributed by atoms with Gasteiger partial charge < -0.3 is 14.8 Å². The van der Waals surface area contributed by atoms with Crippen LogP contribution < -0.4 is 26.1 Å². The van der Waals surface area contributed by atoms with Crippen LogP contribution in [0.2, 0.25) is 0 Å². The van der Waals surface area contributed by atoms with Crippen LogP contribution in [-0.2, 0) is 0 Å². The van der Waals surface area contributed by atoms with Gasteiger partial charge in [0.15, 0.2) is 0 Å². The van der Waals surface area contributed by atoms with Crippen molar-refractivity contribution in [3.63, 3.8) is 0 Å². The molecule has 11 rings (SSSR count). The van der Waals surface area contributed by atoms with E-state index in [1.165, 1.54) is 66.5 Å². The van der Waals surface area contributed by atoms with Crippen molar-refractivity contribution in [1.82, 2.24) is 15.2 Å². The second kappa shape index (κ2) is 12.9. The Labute approximate surface area is 317 Å². The van der Waals surface area contributed by atoms with E-state index in [0.29, 0.717) is 11.8 Å². The van der Waals surface area contributed by atoms with Crippen molar-refractivity contribution in [2.45, 2.75) is 55.8 Å². The highest BCUT2D eigenvalue weighted by Crippen LogP contribution is 2.45. The molecule has 6 atom stereocenters. The van der Waals surface area contributed by atoms with Crippen LogP contribution in [0.3, 0.4) is 0 Å². The molecule has 0 bridgehead atoms. The van der Waals surface area contributed by atoms with Gasteiger partial charge in [-0.3, -0.25) is 5.32 Å². The largest absolute Gasteiger partial charge is 0.378 e. The number of allylic oxidation sites excluding steroid dienone is 9. The second-order valence-electron chi connectivity index (χ2n) is 15.6. The first-order chi connectivity index (χ1) is 26.8. The van der Waals surface area contributed by atoms with E-state index < -0.39 is 0 Å². The number of aromatic nitrogens is 1. The maximum Gasteiger partial charge on any atom is 0.0706 e. The number of anilines is 1. The minimum Gasteiger partial charge on any atom is -0.378 e. The molecule has 5 aromatic rings. The average Bonchev–Trinajstić information content (AvgIpc) is 3.75. The van der Waals surface area contributed by atoms with Gasteiger partial charge in [-0.2, -0.15) is 0 Å². The molecular formula is C50H44N4. The molecule has 3 heterocycles. The number of hydrogen-bond acceptors (Lipinski definition) is 3. The normalized spacial score (nSPS) is 26.5. The summed E-state index contributed by atoms with van der Waals surface area (Å²) in [6, 6.07) is 40.9. The van der Waals surface area contributed by atoms with Crippen molar-refractivity contribution in [1.29, 1.82) is 0 Å². The summed E-state index contributed by atoms with van der Waals surface area (Å²) in [7, 11) is 0. The van der Waals surface area contributed by atoms with Gasteiger partial charge in [-0.25, -0.2) is 0 Å². The minimum atomic E-state index is 0.108. The standard InChI is InChI=1S/C50H44N4/c1-4-15-33(16-5-1)35-19-14-20-36(29-35)50-49(34-17-6-2-7-18-34)51-43-28-27-38(30-44(43)52-50)54-46-26-13-11-24-40(46)42-31-41-39-23-10-12-25-45(39)53(47(41)32-48(42)54)37-21-8-3-9-22-37/h1-11,13-15,17-24,26-29,31-33,41,44,47,49-52H,12,16,25,30H2. The lowest BCUT2D eigenvalue weighted by Gasteiger charge is -2.43. The van der Waals surface area contributed by atoms with E-state index in [4.69, 9.17) is 0 Å². The van der Waals surface area contributed by atoms with E-state index in [2.05, 4.69) is 190 Å². The minimum absolute atomic E-state index is 0.108. The van der Waals surface area contributed by atoms with Crippen molar-refractivity contribution in [2.75, 3.05) is 4.90 Å². The van der Waals surface area contributed by atoms with Crippen LogP contribution in [0, 0.1) is 5.92 Å². The lowest BCUT2D eigenvalue weighted by molar-refractivity contribution is 0.313. The van der Waals surface area contributed by atoms with Crippen molar-refractivity contribution >= 4 is 34.4 Å². The first-order valence-electron chi connectivity index (χ1n) is 19.8. The molecule has 0 amide bonds. The van der Waals surface area contributed by atoms with Gasteiger partial charge in [0.05, 0.1) is 35.0 Å². The molecule has 4 heteroatoms. The first-order valence-corrected chi connectivity index (χ1v) is 19.8. The predicted octanol–water partition coefficient (Wildman–Crippen LogP) is 9.10. The van der Waals surface area contributed by atoms with E-state index in [1.54, 1.807) is 0 Å². The number of fused-ring (bicyclic) bond motifs is 6. The monoisotopic (exact) mass is 700 g/mol. The quantitative estimate of drug-likeness (QED) is 0.192. The Morgan fingerprint density at radius 3 is 2.39 bits per heavy atom. The molecule has 4 aromatic carbocycles. The fourth-order valence-corrected chi connectivity index (χ4v) is 10.1. The number of para-hydroxylation sites is 2. The third-order valence-electron chi connectivity index (χ3n) is 12.6. The Morgan fingerprint density at radius 2 is 1.52 bits per heavy atom. The zero-order chi connectivity index (χ0) is 35.6. The highest BCUT2D eigenvalue weighted by atomic mass is 15.2. The van der Waals surface area contributed by atoms with Gasteiger partial charge in [-0.05, 0) is 78.0 Å². The molecule has 1 fully saturated rings. The number of nitrogens with zero attached hydrogens (tertiary/aromatic N) is 2. The topological polar surface area (TPSA) is 32.2 Å². The van der Waals surface area contributed by atoms with Crippen LogP contribution >= 0.6 is 0 Å². The molecular weight excluding hydrogens is 657 g/mol. The Kier molecular flexibility index (Phi) is 7.58. The van der Waals surface area contributed by atoms with Crippen LogP contribution in [0.15, 0.2) is 175 Å². The predicted molar refractivity (Wildman–Crippen MR) is 223 cm³/mol. The van der Waals surface area contributed by atoms with Crippen molar-refractivity contribution < 1.29 is 0 Å². The summed E-state index contributed by atoms with van der Waals surface area (Å²) in [6.45, 7) is 0. The van der Waals surface area contributed by atoms with Gasteiger partial charge in [0.25, 0.3) is 0 Å². The van der Waals surface area contributed by atoms with Gasteiger partial charge in [0.2, 0.25) is 0 Å². The lowest BCUT2D eigenvalue weighted by atomic mass is 9.84. The highest BCUT2D eigenvalue weighted by molar-refractivity contribution is 5.87. The summed E-state index contributed by atoms with van der Waals surface area (Å²) >= 11 is 0. The van der Waals surface area contributed by atoms with Crippen molar-refractivity contribution in [3.8, 4) is 0 Å². The van der Waals surface area contributed by atoms with Crippen molar-refractivity contribution in [3.05, 3.63) is 202 Å². The van der Waals surface area contributed by atoms with E-state index in [0.717, 1.165) is 25.7 Å². The molecule has 4 nitrogen and oxygen atoms in total. The number of hydrogen-bond donors (Lipinski definition) is 2. The molecule has 264 valence electrons. The molecule has 0 saturated carbocycles. The smallest absolute Gasteiger partial charge is 0.0706 e. The zero-order valence-electron chi connectivity index (χ0n) is 30.4. The fraction of sp³-hybridized carbons (Fsp3) is 0.200. The summed E-state index contributed by atoms with van der Waals surface area (Å²) in [5.74, 6) is 0.739. The summed E-state index contributed by atoms with van der Waals surface area (Å²) in [5.41, 5.74) is 12.1. The van der Waals surface area contributed by atoms with Gasteiger partial charge in [-0.1, -0.05) is 134 Å². The van der Waals surface area contributed by atoms with Gasteiger partial charge >= 0.3 is 0 Å². The zero-order valence-corrected chi connectivity index (χ0v) is 30.4. The van der Waals surface area contributed by atoms with E-state index in [-0.39, 0.29) is 24.2 Å². The molecule has 2 N–H and O–H groups in total. The summed E-state index contributed by atoms with van der Waals surface area (Å²) in [6.07, 6.45) is 27.7. The molecule has 1 aromatic heterocycles. The highest BCUT2D eigenvalue weighted by Gasteiger charge is 2.41. The second-order valence-corrected chi connectivity index (χ2v) is 15.6. The van der Waals surface area contributed by atoms with Crippen LogP contribution in [-0.4, -0.2) is 16.7 Å². The van der Waals surface area contributed by atoms with Crippen molar-refractivity contribution in [2.24, 2.45) is 5.92 Å². The Bertz CT molecular complexity index is 2600. The maximum atomic E-state index is 4.21. The molecule has 0 radical (unpaired) electrons.